The molecule has 1 aliphatic rings. The number of hydrogen-bond donors (Lipinski definition) is 0. The van der Waals surface area contributed by atoms with Crippen LogP contribution in [0.15, 0.2) is 24.3 Å². The molecule has 2 rings (SSSR count). The molecular weight excluding hydrogens is 544 g/mol. The molecule has 40 heavy (non-hydrogen) atoms. The lowest BCUT2D eigenvalue weighted by Gasteiger charge is -2.65. The van der Waals surface area contributed by atoms with E-state index in [-0.39, 0.29) is 46.5 Å². The van der Waals surface area contributed by atoms with Crippen molar-refractivity contribution in [3.63, 3.8) is 0 Å². The third-order valence-electron chi connectivity index (χ3n) is 9.55. The number of hydrogen-bond acceptors (Lipinski definition) is 7. The maximum absolute atomic E-state index is 13.9. The minimum atomic E-state index is -2.33. The maximum Gasteiger partial charge on any atom is 0.313 e. The normalized spacial score (nSPS) is 21.1. The van der Waals surface area contributed by atoms with E-state index in [9.17, 15) is 24.5 Å². The molecule has 0 aliphatic carbocycles. The van der Waals surface area contributed by atoms with Gasteiger partial charge in [0.1, 0.15) is 18.8 Å². The number of nitrogens with zero attached hydrogens (tertiary/aromatic N) is 2. The van der Waals surface area contributed by atoms with Crippen LogP contribution in [-0.2, 0) is 30.2 Å². The van der Waals surface area contributed by atoms with Gasteiger partial charge in [0, 0.05) is 24.6 Å². The first-order valence-corrected chi connectivity index (χ1v) is 19.7. The molecule has 0 radical (unpaired) electrons. The zero-order valence-electron chi connectivity index (χ0n) is 26.3. The van der Waals surface area contributed by atoms with Crippen molar-refractivity contribution in [3.8, 4) is 0 Å². The van der Waals surface area contributed by atoms with Gasteiger partial charge in [-0.15, -0.1) is 0 Å². The Hall–Kier alpha value is -2.38. The van der Waals surface area contributed by atoms with E-state index >= 15 is 0 Å². The number of carbonyl (C=O) groups is 3. The number of amides is 1. The highest BCUT2D eigenvalue weighted by molar-refractivity contribution is 6.80. The summed E-state index contributed by atoms with van der Waals surface area (Å²) in [6.45, 7) is 25.2. The zero-order chi connectivity index (χ0) is 31.1. The second-order valence-corrected chi connectivity index (χ2v) is 24.2. The molecule has 1 fully saturated rings. The molecule has 1 amide bonds. The molecule has 1 saturated heterocycles. The fraction of sp³-hybridized carbons (Fsp3) is 0.690. The van der Waals surface area contributed by atoms with E-state index in [1.807, 2.05) is 18.4 Å². The standard InChI is InChI=1S/C29H48N2O7Si2/c1-20(38-40(11,12)28(5,6)7)29(8)24(30(26(29)34)39(9,10)27(2,3)4)17-23(32)18-25(33)37-19-21-13-15-22(16-14-21)31(35)36/h13-16,20,24H,17-19H2,1-12H3/t20-,24?,29+/m1/s1. The van der Waals surface area contributed by atoms with Gasteiger partial charge in [-0.2, -0.15) is 0 Å². The number of benzene rings is 1. The molecule has 0 N–H and O–H groups in total. The Labute approximate surface area is 241 Å². The van der Waals surface area contributed by atoms with Crippen LogP contribution >= 0.6 is 0 Å². The van der Waals surface area contributed by atoms with Crippen LogP contribution in [0, 0.1) is 15.5 Å². The van der Waals surface area contributed by atoms with Crippen LogP contribution in [0.2, 0.25) is 36.3 Å². The van der Waals surface area contributed by atoms with Gasteiger partial charge in [-0.05, 0) is 54.7 Å². The highest BCUT2D eigenvalue weighted by Gasteiger charge is 2.66. The van der Waals surface area contributed by atoms with Crippen molar-refractivity contribution in [2.45, 2.75) is 123 Å². The summed E-state index contributed by atoms with van der Waals surface area (Å²) in [5.41, 5.74) is -0.353. The first-order chi connectivity index (χ1) is 18.0. The lowest BCUT2D eigenvalue weighted by atomic mass is 9.68. The SMILES string of the molecule is C[C@@H](O[Si](C)(C)C(C)(C)C)[C@]1(C)C(=O)N([Si](C)(C)C(C)(C)C)C1CC(=O)CC(=O)OCc1ccc([N+](=O)[O-])cc1. The van der Waals surface area contributed by atoms with E-state index in [0.29, 0.717) is 5.56 Å². The minimum Gasteiger partial charge on any atom is -0.460 e. The number of nitro groups is 1. The van der Waals surface area contributed by atoms with Crippen LogP contribution in [0.3, 0.4) is 0 Å². The first kappa shape index (κ1) is 33.8. The summed E-state index contributed by atoms with van der Waals surface area (Å²) >= 11 is 0. The van der Waals surface area contributed by atoms with Gasteiger partial charge >= 0.3 is 5.97 Å². The van der Waals surface area contributed by atoms with Crippen LogP contribution in [0.1, 0.15) is 73.8 Å². The highest BCUT2D eigenvalue weighted by atomic mass is 28.4. The van der Waals surface area contributed by atoms with Gasteiger partial charge in [0.2, 0.25) is 5.91 Å². The molecule has 1 heterocycles. The number of Topliss-reactive ketones (excluding diaryl/α,β-unsaturated/α-hetero) is 1. The van der Waals surface area contributed by atoms with Crippen molar-refractivity contribution in [1.29, 1.82) is 0 Å². The summed E-state index contributed by atoms with van der Waals surface area (Å²) in [6, 6.07) is 5.32. The predicted octanol–water partition coefficient (Wildman–Crippen LogP) is 6.62. The smallest absolute Gasteiger partial charge is 0.313 e. The molecule has 11 heteroatoms. The fourth-order valence-electron chi connectivity index (χ4n) is 4.62. The van der Waals surface area contributed by atoms with Crippen molar-refractivity contribution in [3.05, 3.63) is 39.9 Å². The molecule has 1 aliphatic heterocycles. The van der Waals surface area contributed by atoms with Gasteiger partial charge in [-0.3, -0.25) is 24.5 Å². The Morgan fingerprint density at radius 3 is 2.02 bits per heavy atom. The number of nitro benzene ring substituents is 1. The second kappa shape index (κ2) is 11.5. The highest BCUT2D eigenvalue weighted by Crippen LogP contribution is 2.53. The molecule has 224 valence electrons. The third-order valence-corrected chi connectivity index (χ3v) is 19.5. The molecule has 0 aromatic heterocycles. The van der Waals surface area contributed by atoms with E-state index in [1.54, 1.807) is 0 Å². The van der Waals surface area contributed by atoms with Crippen LogP contribution in [0.5, 0.6) is 0 Å². The van der Waals surface area contributed by atoms with E-state index in [4.69, 9.17) is 9.16 Å². The quantitative estimate of drug-likeness (QED) is 0.0708. The van der Waals surface area contributed by atoms with Crippen molar-refractivity contribution in [2.75, 3.05) is 0 Å². The summed E-state index contributed by atoms with van der Waals surface area (Å²) in [5, 5.41) is 10.7. The van der Waals surface area contributed by atoms with E-state index in [0.717, 1.165) is 0 Å². The molecule has 9 nitrogen and oxygen atoms in total. The Balaban J connectivity index is 2.22. The van der Waals surface area contributed by atoms with E-state index < -0.39 is 45.4 Å². The van der Waals surface area contributed by atoms with Gasteiger partial charge in [0.05, 0.1) is 16.4 Å². The van der Waals surface area contributed by atoms with Gasteiger partial charge in [0.15, 0.2) is 16.6 Å². The summed E-state index contributed by atoms with van der Waals surface area (Å²) in [4.78, 5) is 50.1. The monoisotopic (exact) mass is 592 g/mol. The zero-order valence-corrected chi connectivity index (χ0v) is 28.3. The van der Waals surface area contributed by atoms with Crippen LogP contribution < -0.4 is 0 Å². The summed E-state index contributed by atoms with van der Waals surface area (Å²) in [5.74, 6) is -0.940. The lowest BCUT2D eigenvalue weighted by molar-refractivity contribution is -0.384. The third kappa shape index (κ3) is 6.74. The molecule has 0 bridgehead atoms. The number of ether oxygens (including phenoxy) is 1. The van der Waals surface area contributed by atoms with Gasteiger partial charge in [-0.25, -0.2) is 0 Å². The molecule has 1 aromatic carbocycles. The Morgan fingerprint density at radius 1 is 1.05 bits per heavy atom. The van der Waals surface area contributed by atoms with Crippen LogP contribution in [0.25, 0.3) is 0 Å². The van der Waals surface area contributed by atoms with Crippen molar-refractivity contribution < 1.29 is 28.5 Å². The number of ketones is 1. The van der Waals surface area contributed by atoms with Gasteiger partial charge in [0.25, 0.3) is 5.69 Å². The van der Waals surface area contributed by atoms with Gasteiger partial charge in [-0.1, -0.05) is 54.6 Å². The predicted molar refractivity (Wildman–Crippen MR) is 161 cm³/mol. The Kier molecular flexibility index (Phi) is 9.71. The second-order valence-electron chi connectivity index (χ2n) is 14.3. The van der Waals surface area contributed by atoms with E-state index in [2.05, 4.69) is 67.7 Å². The lowest BCUT2D eigenvalue weighted by Crippen LogP contribution is -2.80. The first-order valence-electron chi connectivity index (χ1n) is 13.9. The molecule has 1 aromatic rings. The molecule has 1 unspecified atom stereocenters. The van der Waals surface area contributed by atoms with Crippen LogP contribution in [0.4, 0.5) is 5.69 Å². The number of β-lactam (4-membered cyclic amide) rings is 1. The minimum absolute atomic E-state index is 0.0175. The molecule has 0 saturated carbocycles. The number of rotatable bonds is 11. The molecular formula is C29H48N2O7Si2. The largest absolute Gasteiger partial charge is 0.460 e. The van der Waals surface area contributed by atoms with Crippen molar-refractivity contribution in [1.82, 2.24) is 4.57 Å². The fourth-order valence-corrected chi connectivity index (χ4v) is 8.71. The average molecular weight is 593 g/mol. The number of esters is 1. The summed E-state index contributed by atoms with van der Waals surface area (Å²) in [6.07, 6.45) is -0.753. The Morgan fingerprint density at radius 2 is 1.57 bits per heavy atom. The Bertz CT molecular complexity index is 1140. The summed E-state index contributed by atoms with van der Waals surface area (Å²) < 4.78 is 13.9. The topological polar surface area (TPSA) is 116 Å². The summed E-state index contributed by atoms with van der Waals surface area (Å²) in [7, 11) is -4.53. The molecule has 3 atom stereocenters. The number of non-ortho nitro benzene ring substituents is 1. The number of carbonyl (C=O) groups excluding carboxylic acids is 3. The van der Waals surface area contributed by atoms with E-state index in [1.165, 1.54) is 24.3 Å². The van der Waals surface area contributed by atoms with Crippen molar-refractivity contribution in [2.24, 2.45) is 5.41 Å². The van der Waals surface area contributed by atoms with Gasteiger partial charge < -0.3 is 13.7 Å². The van der Waals surface area contributed by atoms with Crippen LogP contribution in [-0.4, -0.2) is 55.8 Å². The average Bonchev–Trinajstić information content (AvgIpc) is 2.80. The van der Waals surface area contributed by atoms with Crippen molar-refractivity contribution >= 4 is 39.9 Å². The molecule has 0 spiro atoms. The maximum atomic E-state index is 13.9.